The van der Waals surface area contributed by atoms with E-state index in [1.165, 1.54) is 13.1 Å². The van der Waals surface area contributed by atoms with Crippen molar-refractivity contribution < 1.29 is 4.79 Å². The zero-order valence-corrected chi connectivity index (χ0v) is 13.0. The molecule has 1 fully saturated rings. The third kappa shape index (κ3) is 2.48. The van der Waals surface area contributed by atoms with Gasteiger partial charge in [-0.1, -0.05) is 0 Å². The zero-order chi connectivity index (χ0) is 16.7. The molecule has 7 nitrogen and oxygen atoms in total. The van der Waals surface area contributed by atoms with Gasteiger partial charge in [0, 0.05) is 29.9 Å². The molecule has 0 atom stereocenters. The molecule has 1 aliphatic carbocycles. The Kier molecular flexibility index (Phi) is 3.24. The molecule has 3 aromatic rings. The summed E-state index contributed by atoms with van der Waals surface area (Å²) in [6, 6.07) is 6.04. The van der Waals surface area contributed by atoms with E-state index in [4.69, 9.17) is 5.26 Å². The summed E-state index contributed by atoms with van der Waals surface area (Å²) in [4.78, 5) is 20.5. The summed E-state index contributed by atoms with van der Waals surface area (Å²) in [5.74, 6) is 0.551. The number of hydrogen-bond acceptors (Lipinski definition) is 6. The van der Waals surface area contributed by atoms with E-state index in [1.54, 1.807) is 23.1 Å². The van der Waals surface area contributed by atoms with E-state index in [0.29, 0.717) is 28.6 Å². The van der Waals surface area contributed by atoms with Crippen LogP contribution in [0.3, 0.4) is 0 Å². The maximum absolute atomic E-state index is 11.8. The summed E-state index contributed by atoms with van der Waals surface area (Å²) >= 11 is 0. The van der Waals surface area contributed by atoms with E-state index in [2.05, 4.69) is 26.5 Å². The van der Waals surface area contributed by atoms with Crippen molar-refractivity contribution in [1.29, 1.82) is 5.26 Å². The molecule has 3 aromatic heterocycles. The number of carbonyl (C=O) groups excluding carboxylic acids is 1. The second-order valence-corrected chi connectivity index (χ2v) is 5.87. The molecular formula is C17H14N6O. The Bertz CT molecular complexity index is 996. The van der Waals surface area contributed by atoms with Crippen molar-refractivity contribution in [2.24, 2.45) is 0 Å². The smallest absolute Gasteiger partial charge is 0.164 e. The number of Topliss-reactive ketones (excluding diaryl/α,β-unsaturated/α-hetero) is 1. The fraction of sp³-hybridized carbons (Fsp3) is 0.235. The average Bonchev–Trinajstić information content (AvgIpc) is 3.30. The van der Waals surface area contributed by atoms with Crippen molar-refractivity contribution in [3.63, 3.8) is 0 Å². The molecule has 0 spiro atoms. The van der Waals surface area contributed by atoms with Crippen LogP contribution >= 0.6 is 0 Å². The summed E-state index contributed by atoms with van der Waals surface area (Å²) in [7, 11) is 0. The molecule has 0 aliphatic heterocycles. The van der Waals surface area contributed by atoms with Crippen LogP contribution in [-0.2, 0) is 0 Å². The lowest BCUT2D eigenvalue weighted by Gasteiger charge is -2.11. The van der Waals surface area contributed by atoms with Gasteiger partial charge in [0.05, 0.1) is 23.0 Å². The highest BCUT2D eigenvalue weighted by atomic mass is 16.1. The summed E-state index contributed by atoms with van der Waals surface area (Å²) in [5, 5.41) is 17.4. The Morgan fingerprint density at radius 3 is 2.83 bits per heavy atom. The summed E-state index contributed by atoms with van der Waals surface area (Å²) in [6.45, 7) is 1.53. The number of nitrogens with one attached hydrogen (secondary N) is 1. The first kappa shape index (κ1) is 14.3. The Morgan fingerprint density at radius 2 is 2.12 bits per heavy atom. The van der Waals surface area contributed by atoms with Crippen molar-refractivity contribution in [3.8, 4) is 11.9 Å². The molecule has 0 amide bonds. The highest BCUT2D eigenvalue weighted by Crippen LogP contribution is 2.28. The fourth-order valence-corrected chi connectivity index (χ4v) is 2.56. The van der Waals surface area contributed by atoms with E-state index in [9.17, 15) is 4.79 Å². The van der Waals surface area contributed by atoms with Crippen molar-refractivity contribution in [3.05, 3.63) is 41.9 Å². The number of anilines is 1. The standard InChI is InChI=1S/C17H14N6O/c1-10(24)14-9-19-16(5-15(14)22-13-2-3-13)23-17-12(8-21-23)4-11(6-18)7-20-17/h4-5,7-9,13H,2-3H2,1H3,(H,19,22). The van der Waals surface area contributed by atoms with Crippen LogP contribution in [0, 0.1) is 11.3 Å². The van der Waals surface area contributed by atoms with Crippen molar-refractivity contribution in [2.45, 2.75) is 25.8 Å². The van der Waals surface area contributed by atoms with Crippen LogP contribution in [0.5, 0.6) is 0 Å². The molecule has 0 unspecified atom stereocenters. The molecule has 24 heavy (non-hydrogen) atoms. The van der Waals surface area contributed by atoms with Gasteiger partial charge < -0.3 is 5.32 Å². The minimum atomic E-state index is -0.0284. The second-order valence-electron chi connectivity index (χ2n) is 5.87. The minimum Gasteiger partial charge on any atom is -0.382 e. The van der Waals surface area contributed by atoms with E-state index < -0.39 is 0 Å². The van der Waals surface area contributed by atoms with Crippen molar-refractivity contribution in [2.75, 3.05) is 5.32 Å². The van der Waals surface area contributed by atoms with Gasteiger partial charge in [0.15, 0.2) is 17.2 Å². The number of nitrogens with zero attached hydrogens (tertiary/aromatic N) is 5. The topological polar surface area (TPSA) is 96.5 Å². The van der Waals surface area contributed by atoms with Gasteiger partial charge >= 0.3 is 0 Å². The molecule has 0 aromatic carbocycles. The van der Waals surface area contributed by atoms with Gasteiger partial charge in [-0.25, -0.2) is 9.97 Å². The molecule has 118 valence electrons. The van der Waals surface area contributed by atoms with Crippen LogP contribution in [0.2, 0.25) is 0 Å². The normalized spacial score (nSPS) is 13.7. The molecule has 0 bridgehead atoms. The van der Waals surface area contributed by atoms with Gasteiger partial charge in [-0.05, 0) is 25.8 Å². The number of rotatable bonds is 4. The second kappa shape index (κ2) is 5.42. The molecule has 1 saturated carbocycles. The highest BCUT2D eigenvalue weighted by molar-refractivity contribution is 5.99. The summed E-state index contributed by atoms with van der Waals surface area (Å²) in [5.41, 5.74) is 2.45. The lowest BCUT2D eigenvalue weighted by molar-refractivity contribution is 0.101. The molecule has 7 heteroatoms. The van der Waals surface area contributed by atoms with Crippen molar-refractivity contribution in [1.82, 2.24) is 19.7 Å². The molecule has 1 N–H and O–H groups in total. The molecule has 0 saturated heterocycles. The van der Waals surface area contributed by atoms with E-state index in [1.807, 2.05) is 6.07 Å². The van der Waals surface area contributed by atoms with Crippen LogP contribution in [0.15, 0.2) is 30.7 Å². The molecular weight excluding hydrogens is 304 g/mol. The maximum atomic E-state index is 11.8. The van der Waals surface area contributed by atoms with E-state index >= 15 is 0 Å². The first-order valence-corrected chi connectivity index (χ1v) is 7.67. The van der Waals surface area contributed by atoms with E-state index in [0.717, 1.165) is 23.9 Å². The van der Waals surface area contributed by atoms with Gasteiger partial charge in [-0.15, -0.1) is 0 Å². The summed E-state index contributed by atoms with van der Waals surface area (Å²) in [6.07, 6.45) is 6.95. The monoisotopic (exact) mass is 318 g/mol. The number of hydrogen-bond donors (Lipinski definition) is 1. The number of aromatic nitrogens is 4. The van der Waals surface area contributed by atoms with Gasteiger partial charge in [-0.3, -0.25) is 4.79 Å². The van der Waals surface area contributed by atoms with Gasteiger partial charge in [-0.2, -0.15) is 15.0 Å². The van der Waals surface area contributed by atoms with Gasteiger partial charge in [0.2, 0.25) is 0 Å². The van der Waals surface area contributed by atoms with Crippen LogP contribution in [0.1, 0.15) is 35.7 Å². The molecule has 1 aliphatic rings. The third-order valence-corrected chi connectivity index (χ3v) is 3.96. The summed E-state index contributed by atoms with van der Waals surface area (Å²) < 4.78 is 1.61. The first-order chi connectivity index (χ1) is 11.7. The lowest BCUT2D eigenvalue weighted by Crippen LogP contribution is -2.10. The largest absolute Gasteiger partial charge is 0.382 e. The number of pyridine rings is 2. The Labute approximate surface area is 138 Å². The maximum Gasteiger partial charge on any atom is 0.164 e. The molecule has 4 rings (SSSR count). The zero-order valence-electron chi connectivity index (χ0n) is 13.0. The number of nitriles is 1. The quantitative estimate of drug-likeness (QED) is 0.742. The van der Waals surface area contributed by atoms with Gasteiger partial charge in [0.25, 0.3) is 0 Å². The molecule has 0 radical (unpaired) electrons. The Balaban J connectivity index is 1.81. The first-order valence-electron chi connectivity index (χ1n) is 7.67. The Hall–Kier alpha value is -3.27. The Morgan fingerprint density at radius 1 is 1.29 bits per heavy atom. The number of ketones is 1. The highest BCUT2D eigenvalue weighted by Gasteiger charge is 2.23. The SMILES string of the molecule is CC(=O)c1cnc(-n2ncc3cc(C#N)cnc32)cc1NC1CC1. The van der Waals surface area contributed by atoms with Crippen LogP contribution in [0.25, 0.3) is 16.9 Å². The van der Waals surface area contributed by atoms with Gasteiger partial charge in [0.1, 0.15) is 6.07 Å². The number of fused-ring (bicyclic) bond motifs is 1. The number of carbonyl (C=O) groups is 1. The lowest BCUT2D eigenvalue weighted by atomic mass is 10.1. The van der Waals surface area contributed by atoms with E-state index in [-0.39, 0.29) is 5.78 Å². The third-order valence-electron chi connectivity index (χ3n) is 3.96. The average molecular weight is 318 g/mol. The van der Waals surface area contributed by atoms with Crippen LogP contribution in [-0.4, -0.2) is 31.6 Å². The van der Waals surface area contributed by atoms with Crippen molar-refractivity contribution >= 4 is 22.5 Å². The predicted octanol–water partition coefficient (Wildman–Crippen LogP) is 2.46. The van der Waals surface area contributed by atoms with Crippen LogP contribution < -0.4 is 5.32 Å². The minimum absolute atomic E-state index is 0.0284. The predicted molar refractivity (Wildman–Crippen MR) is 88.0 cm³/mol. The fourth-order valence-electron chi connectivity index (χ4n) is 2.56. The molecule has 3 heterocycles. The van der Waals surface area contributed by atoms with Crippen LogP contribution in [0.4, 0.5) is 5.69 Å².